The molecule has 0 aliphatic heterocycles. The number of carboxylic acids is 1. The third kappa shape index (κ3) is 9.29. The number of ether oxygens (including phenoxy) is 1. The summed E-state index contributed by atoms with van der Waals surface area (Å²) in [6.07, 6.45) is 7.00. The largest absolute Gasteiger partial charge is 0.481 e. The number of aryl methyl sites for hydroxylation is 1. The highest BCUT2D eigenvalue weighted by Crippen LogP contribution is 2.56. The van der Waals surface area contributed by atoms with Crippen LogP contribution in [0.15, 0.2) is 76.1 Å². The molecule has 0 bridgehead atoms. The van der Waals surface area contributed by atoms with Crippen molar-refractivity contribution in [2.45, 2.75) is 60.0 Å². The number of carbonyl (C=O) groups is 3. The van der Waals surface area contributed by atoms with Crippen molar-refractivity contribution in [3.8, 4) is 0 Å². The number of carbonyl (C=O) groups excluding carboxylic acids is 2. The third-order valence-corrected chi connectivity index (χ3v) is 6.35. The van der Waals surface area contributed by atoms with Gasteiger partial charge in [-0.15, -0.1) is 0 Å². The lowest BCUT2D eigenvalue weighted by Crippen LogP contribution is -2.14. The molecule has 8 nitrogen and oxygen atoms in total. The Labute approximate surface area is 234 Å². The van der Waals surface area contributed by atoms with Gasteiger partial charge in [0.1, 0.15) is 17.9 Å². The summed E-state index contributed by atoms with van der Waals surface area (Å²) in [7, 11) is 1.75. The van der Waals surface area contributed by atoms with E-state index in [2.05, 4.69) is 10.3 Å². The Kier molecular flexibility index (Phi) is 13.2. The summed E-state index contributed by atoms with van der Waals surface area (Å²) in [6.45, 7) is 11.7. The highest BCUT2D eigenvalue weighted by Gasteiger charge is 2.76. The molecule has 40 heavy (non-hydrogen) atoms. The smallest absolute Gasteiger partial charge is 0.313 e. The molecule has 218 valence electrons. The number of nitrogens with zero attached hydrogens (tertiary/aromatic N) is 1. The van der Waals surface area contributed by atoms with Crippen LogP contribution in [0.3, 0.4) is 0 Å². The van der Waals surface area contributed by atoms with Crippen molar-refractivity contribution in [3.05, 3.63) is 82.2 Å². The lowest BCUT2D eigenvalue weighted by Gasteiger charge is -2.11. The molecule has 1 aromatic rings. The molecular formula is C30H39F2N3O5. The van der Waals surface area contributed by atoms with Crippen LogP contribution in [0.1, 0.15) is 58.3 Å². The molecule has 0 radical (unpaired) electrons. The molecule has 0 heterocycles. The first-order chi connectivity index (χ1) is 18.7. The van der Waals surface area contributed by atoms with Gasteiger partial charge in [0.2, 0.25) is 0 Å². The molecule has 10 heteroatoms. The minimum atomic E-state index is -3.56. The Morgan fingerprint density at radius 1 is 1.18 bits per heavy atom. The molecule has 1 fully saturated rings. The number of nitrogens with two attached hydrogens (primary N) is 1. The summed E-state index contributed by atoms with van der Waals surface area (Å²) in [5.41, 5.74) is 11.3. The Morgan fingerprint density at radius 2 is 1.80 bits per heavy atom. The van der Waals surface area contributed by atoms with Gasteiger partial charge in [0.15, 0.2) is 0 Å². The minimum absolute atomic E-state index is 0.149. The fourth-order valence-corrected chi connectivity index (χ4v) is 3.92. The average Bonchev–Trinajstić information content (AvgIpc) is 3.48. The van der Waals surface area contributed by atoms with Crippen LogP contribution in [0, 0.1) is 18.8 Å². The van der Waals surface area contributed by atoms with Crippen molar-refractivity contribution in [3.63, 3.8) is 0 Å². The molecule has 0 saturated heterocycles. The van der Waals surface area contributed by atoms with Gasteiger partial charge in [-0.3, -0.25) is 14.4 Å². The van der Waals surface area contributed by atoms with Gasteiger partial charge in [-0.25, -0.2) is 13.8 Å². The first-order valence-corrected chi connectivity index (χ1v) is 12.8. The van der Waals surface area contributed by atoms with Crippen molar-refractivity contribution in [1.29, 1.82) is 0 Å². The SMILES string of the molecule is CC/C=C/C(\C=C/C(C)=C(C)\C(NC)=C(\C)N)=NC(=O)C1C(C(=O)O)C1(F)F.Cc1ccccc1C(C)OC=O. The van der Waals surface area contributed by atoms with E-state index in [0.29, 0.717) is 18.6 Å². The molecule has 0 spiro atoms. The number of aliphatic carboxylic acids is 1. The molecule has 1 aliphatic carbocycles. The summed E-state index contributed by atoms with van der Waals surface area (Å²) >= 11 is 0. The van der Waals surface area contributed by atoms with Crippen molar-refractivity contribution in [2.75, 3.05) is 7.05 Å². The van der Waals surface area contributed by atoms with E-state index in [1.54, 1.807) is 26.1 Å². The van der Waals surface area contributed by atoms with Crippen molar-refractivity contribution < 1.29 is 33.0 Å². The zero-order valence-electron chi connectivity index (χ0n) is 24.0. The van der Waals surface area contributed by atoms with Crippen LogP contribution < -0.4 is 11.1 Å². The number of benzene rings is 1. The predicted octanol–water partition coefficient (Wildman–Crippen LogP) is 5.42. The number of amides is 1. The summed E-state index contributed by atoms with van der Waals surface area (Å²) in [5, 5.41) is 11.8. The normalized spacial score (nSPS) is 20.1. The topological polar surface area (TPSA) is 131 Å². The van der Waals surface area contributed by atoms with Crippen molar-refractivity contribution >= 4 is 24.1 Å². The van der Waals surface area contributed by atoms with Gasteiger partial charge < -0.3 is 20.9 Å². The van der Waals surface area contributed by atoms with Gasteiger partial charge in [0.25, 0.3) is 18.3 Å². The maximum absolute atomic E-state index is 13.5. The predicted molar refractivity (Wildman–Crippen MR) is 152 cm³/mol. The highest BCUT2D eigenvalue weighted by atomic mass is 19.3. The van der Waals surface area contributed by atoms with Gasteiger partial charge in [0.05, 0.1) is 11.4 Å². The molecule has 3 unspecified atom stereocenters. The molecule has 0 aromatic heterocycles. The van der Waals surface area contributed by atoms with Crippen LogP contribution in [0.2, 0.25) is 0 Å². The molecule has 1 aromatic carbocycles. The summed E-state index contributed by atoms with van der Waals surface area (Å²) in [4.78, 5) is 36.7. The van der Waals surface area contributed by atoms with E-state index >= 15 is 0 Å². The van der Waals surface area contributed by atoms with Crippen LogP contribution in [0.4, 0.5) is 8.78 Å². The number of likely N-dealkylation sites (N-methyl/N-ethyl adjacent to an activating group) is 1. The van der Waals surface area contributed by atoms with Crippen LogP contribution in [0.25, 0.3) is 0 Å². The second-order valence-electron chi connectivity index (χ2n) is 9.33. The minimum Gasteiger partial charge on any atom is -0.481 e. The fraction of sp³-hybridized carbons (Fsp3) is 0.400. The second kappa shape index (κ2) is 15.5. The molecule has 3 atom stereocenters. The monoisotopic (exact) mass is 559 g/mol. The number of aliphatic imine (C=N–C) groups is 1. The van der Waals surface area contributed by atoms with E-state index in [9.17, 15) is 23.2 Å². The lowest BCUT2D eigenvalue weighted by molar-refractivity contribution is -0.141. The van der Waals surface area contributed by atoms with Crippen LogP contribution in [0.5, 0.6) is 0 Å². The number of halogens is 2. The molecule has 1 saturated carbocycles. The zero-order chi connectivity index (χ0) is 30.6. The summed E-state index contributed by atoms with van der Waals surface area (Å²) in [5.74, 6) is -10.3. The Morgan fingerprint density at radius 3 is 2.27 bits per heavy atom. The zero-order valence-corrected chi connectivity index (χ0v) is 24.0. The fourth-order valence-electron chi connectivity index (χ4n) is 3.92. The van der Waals surface area contributed by atoms with E-state index in [4.69, 9.17) is 15.6 Å². The molecule has 1 amide bonds. The van der Waals surface area contributed by atoms with Gasteiger partial charge >= 0.3 is 5.97 Å². The quantitative estimate of drug-likeness (QED) is 0.187. The van der Waals surface area contributed by atoms with E-state index in [0.717, 1.165) is 28.0 Å². The summed E-state index contributed by atoms with van der Waals surface area (Å²) in [6, 6.07) is 7.86. The Bertz CT molecular complexity index is 1230. The van der Waals surface area contributed by atoms with E-state index in [1.165, 1.54) is 12.2 Å². The molecule has 2 rings (SSSR count). The number of hydrogen-bond donors (Lipinski definition) is 3. The molecule has 1 aliphatic rings. The molecular weight excluding hydrogens is 520 g/mol. The van der Waals surface area contributed by atoms with Crippen LogP contribution >= 0.6 is 0 Å². The van der Waals surface area contributed by atoms with Gasteiger partial charge in [-0.05, 0) is 75.5 Å². The average molecular weight is 560 g/mol. The van der Waals surface area contributed by atoms with E-state index in [-0.39, 0.29) is 11.8 Å². The summed E-state index contributed by atoms with van der Waals surface area (Å²) < 4.78 is 31.9. The van der Waals surface area contributed by atoms with Crippen molar-refractivity contribution in [1.82, 2.24) is 5.32 Å². The van der Waals surface area contributed by atoms with E-state index in [1.807, 2.05) is 58.9 Å². The number of allylic oxidation sites excluding steroid dienone is 7. The van der Waals surface area contributed by atoms with Crippen molar-refractivity contribution in [2.24, 2.45) is 22.6 Å². The maximum Gasteiger partial charge on any atom is 0.313 e. The van der Waals surface area contributed by atoms with E-state index < -0.39 is 29.6 Å². The van der Waals surface area contributed by atoms with Crippen LogP contribution in [-0.2, 0) is 19.1 Å². The first kappa shape index (κ1) is 33.9. The van der Waals surface area contributed by atoms with Gasteiger partial charge in [0, 0.05) is 12.7 Å². The number of rotatable bonds is 11. The second-order valence-corrected chi connectivity index (χ2v) is 9.33. The third-order valence-electron chi connectivity index (χ3n) is 6.35. The lowest BCUT2D eigenvalue weighted by atomic mass is 10.1. The molecule has 4 N–H and O–H groups in total. The highest BCUT2D eigenvalue weighted by molar-refractivity contribution is 6.11. The number of hydrogen-bond acceptors (Lipinski definition) is 6. The number of nitrogens with one attached hydrogen (secondary N) is 1. The Hall–Kier alpha value is -4.08. The first-order valence-electron chi connectivity index (χ1n) is 12.8. The number of alkyl halides is 2. The standard InChI is InChI=1S/C20H27F2N3O3.C10H12O2/c1-6-7-8-14(10-9-11(2)12(3)17(24-5)13(4)23)25-18(26)15-16(19(27)28)20(15,21)22;1-8-5-3-4-6-10(8)9(2)12-7-11/h7-10,15-16,24H,6,23H2,1-5H3,(H,27,28);3-7,9H,1-2H3/b8-7+,10-9-,12-11-,17-13+,25-14?;. The number of carboxylic acid groups (broad SMARTS) is 1. The maximum atomic E-state index is 13.5. The van der Waals surface area contributed by atoms with Gasteiger partial charge in [-0.1, -0.05) is 43.3 Å². The Balaban J connectivity index is 0.000000552. The van der Waals surface area contributed by atoms with Crippen LogP contribution in [-0.4, -0.2) is 42.1 Å². The van der Waals surface area contributed by atoms with Gasteiger partial charge in [-0.2, -0.15) is 0 Å².